The van der Waals surface area contributed by atoms with Gasteiger partial charge in [0.05, 0.1) is 12.7 Å². The molecule has 0 aliphatic carbocycles. The molecule has 1 aromatic carbocycles. The van der Waals surface area contributed by atoms with Gasteiger partial charge < -0.3 is 19.0 Å². The molecule has 1 aromatic rings. The molecule has 0 amide bonds. The lowest BCUT2D eigenvalue weighted by Gasteiger charge is -2.44. The molecule has 23 heteroatoms. The number of rotatable bonds is 23. The minimum Gasteiger partial charge on any atom is -0.491 e. The van der Waals surface area contributed by atoms with Gasteiger partial charge >= 0.3 is 53.6 Å². The number of halogens is 17. The number of carbonyl (C=O) groups is 1. The summed E-state index contributed by atoms with van der Waals surface area (Å²) in [6, 6.07) is 4.43. The fourth-order valence-electron chi connectivity index (χ4n) is 5.32. The molecule has 5 nitrogen and oxygen atoms in total. The monoisotopic (exact) mass is 866 g/mol. The Morgan fingerprint density at radius 3 is 1.64 bits per heavy atom. The lowest BCUT2D eigenvalue weighted by molar-refractivity contribution is -0.461. The van der Waals surface area contributed by atoms with Crippen molar-refractivity contribution in [1.29, 1.82) is 0 Å². The molecule has 0 spiro atoms. The predicted molar refractivity (Wildman–Crippen MR) is 168 cm³/mol. The largest absolute Gasteiger partial charge is 0.491 e. The van der Waals surface area contributed by atoms with Gasteiger partial charge in [0.2, 0.25) is 0 Å². The molecule has 0 fully saturated rings. The highest BCUT2D eigenvalue weighted by Crippen LogP contribution is 2.64. The first-order valence-corrected chi connectivity index (χ1v) is 18.6. The third-order valence-electron chi connectivity index (χ3n) is 8.76. The summed E-state index contributed by atoms with van der Waals surface area (Å²) in [4.78, 5) is 11.4. The number of aliphatic hydroxyl groups excluding tert-OH is 1. The second kappa shape index (κ2) is 18.2. The van der Waals surface area contributed by atoms with Crippen molar-refractivity contribution in [2.24, 2.45) is 0 Å². The van der Waals surface area contributed by atoms with Gasteiger partial charge in [0.25, 0.3) is 0 Å². The van der Waals surface area contributed by atoms with Gasteiger partial charge in [-0.15, -0.1) is 0 Å². The van der Waals surface area contributed by atoms with Crippen LogP contribution in [0.2, 0.25) is 17.1 Å². The van der Waals surface area contributed by atoms with Crippen LogP contribution in [0, 0.1) is 0 Å². The van der Waals surface area contributed by atoms with Gasteiger partial charge in [-0.2, -0.15) is 74.6 Å². The fourth-order valence-corrected chi connectivity index (χ4v) is 9.79. The quantitative estimate of drug-likeness (QED) is 0.0296. The minimum atomic E-state index is -8.68. The summed E-state index contributed by atoms with van der Waals surface area (Å²) < 4.78 is 250. The molecule has 324 valence electrons. The Morgan fingerprint density at radius 2 is 1.20 bits per heavy atom. The second-order valence-electron chi connectivity index (χ2n) is 13.1. The van der Waals surface area contributed by atoms with Crippen LogP contribution >= 0.6 is 0 Å². The summed E-state index contributed by atoms with van der Waals surface area (Å²) in [5, 5.41) is 10.4. The zero-order chi connectivity index (χ0) is 44.0. The average molecular weight is 867 g/mol. The molecule has 1 rings (SSSR count). The molecule has 0 aliphatic heterocycles. The van der Waals surface area contributed by atoms with Gasteiger partial charge in [-0.3, -0.25) is 0 Å². The Morgan fingerprint density at radius 1 is 0.732 bits per heavy atom. The number of carbonyl (C=O) groups excluding carboxylic acids is 1. The van der Waals surface area contributed by atoms with Crippen LogP contribution in [0.3, 0.4) is 0 Å². The number of benzene rings is 1. The van der Waals surface area contributed by atoms with Gasteiger partial charge in [0, 0.05) is 12.5 Å². The first-order valence-electron chi connectivity index (χ1n) is 16.4. The Labute approximate surface area is 311 Å². The molecule has 56 heavy (non-hydrogen) atoms. The van der Waals surface area contributed by atoms with Crippen molar-refractivity contribution in [3.05, 3.63) is 54.6 Å². The van der Waals surface area contributed by atoms with E-state index in [0.29, 0.717) is 5.56 Å². The van der Waals surface area contributed by atoms with Crippen LogP contribution in [0.25, 0.3) is 0 Å². The van der Waals surface area contributed by atoms with Crippen molar-refractivity contribution in [1.82, 2.24) is 0 Å². The average Bonchev–Trinajstić information content (AvgIpc) is 3.07. The lowest BCUT2D eigenvalue weighted by Crippen LogP contribution is -2.74. The third kappa shape index (κ3) is 10.1. The lowest BCUT2D eigenvalue weighted by atomic mass is 9.88. The van der Waals surface area contributed by atoms with Crippen LogP contribution in [-0.2, 0) is 14.0 Å². The molecule has 0 aromatic heterocycles. The normalized spacial score (nSPS) is 15.1. The van der Waals surface area contributed by atoms with E-state index in [1.54, 1.807) is 0 Å². The van der Waals surface area contributed by atoms with Crippen LogP contribution in [0.5, 0.6) is 5.75 Å². The number of aliphatic hydroxyl groups is 1. The molecule has 0 radical (unpaired) electrons. The summed E-state index contributed by atoms with van der Waals surface area (Å²) in [5.41, 5.74) is -1.27. The smallest absolute Gasteiger partial charge is 0.460 e. The molecule has 1 N–H and O–H groups in total. The van der Waals surface area contributed by atoms with Crippen molar-refractivity contribution in [3.63, 3.8) is 0 Å². The maximum Gasteiger partial charge on any atom is 0.460 e. The molecule has 0 saturated heterocycles. The summed E-state index contributed by atoms with van der Waals surface area (Å²) in [6.07, 6.45) is -6.82. The number of allylic oxidation sites excluding steroid dienone is 1. The van der Waals surface area contributed by atoms with Crippen LogP contribution in [-0.4, -0.2) is 86.8 Å². The van der Waals surface area contributed by atoms with E-state index in [0.717, 1.165) is 0 Å². The highest BCUT2D eigenvalue weighted by Gasteiger charge is 2.95. The first-order chi connectivity index (χ1) is 25.2. The third-order valence-corrected chi connectivity index (χ3v) is 14.4. The van der Waals surface area contributed by atoms with E-state index >= 15 is 0 Å². The number of alkyl halides is 17. The first kappa shape index (κ1) is 50.9. The predicted octanol–water partition coefficient (Wildman–Crippen LogP) is 11.3. The molecule has 0 unspecified atom stereocenters. The summed E-state index contributed by atoms with van der Waals surface area (Å²) >= 11 is 0. The summed E-state index contributed by atoms with van der Waals surface area (Å²) in [6.45, 7) is 7.85. The number of esters is 1. The zero-order valence-electron chi connectivity index (χ0n) is 29.9. The van der Waals surface area contributed by atoms with Gasteiger partial charge in [0.15, 0.2) is 8.32 Å². The molecule has 0 saturated carbocycles. The van der Waals surface area contributed by atoms with E-state index in [2.05, 4.69) is 6.58 Å². The Hall–Kier alpha value is -3.08. The van der Waals surface area contributed by atoms with Crippen molar-refractivity contribution in [2.45, 2.75) is 118 Å². The maximum atomic E-state index is 14.8. The Bertz CT molecular complexity index is 1450. The molecular weight excluding hydrogens is 827 g/mol. The molecule has 0 aliphatic rings. The van der Waals surface area contributed by atoms with E-state index in [9.17, 15) is 84.5 Å². The molecular formula is C33H39F17O5Si. The second-order valence-corrected chi connectivity index (χ2v) is 18.1. The van der Waals surface area contributed by atoms with E-state index in [4.69, 9.17) is 13.9 Å². The van der Waals surface area contributed by atoms with Gasteiger partial charge in [-0.1, -0.05) is 58.6 Å². The van der Waals surface area contributed by atoms with Crippen molar-refractivity contribution < 1.29 is 98.4 Å². The standard InChI is InChI=1S/C33H39F17O5Si/c1-6-16-54-25(52)10-8-7-9-24(51)22-11-13-23(14-12-22)53-17-18-55-56(20(2)3,21(4)5)19-15-26(34,35)27(36,37)28(38,39)29(40,41)30(42,43)31(44,45)32(46,47)33(48,49)50/h6,8,10-14,20-21,24,51H,1,7,9,15-19H2,2-5H3/b10-8+/t24-/m0/s1. The van der Waals surface area contributed by atoms with E-state index in [1.165, 1.54) is 70.2 Å². The van der Waals surface area contributed by atoms with Crippen LogP contribution in [0.1, 0.15) is 58.6 Å². The van der Waals surface area contributed by atoms with Crippen LogP contribution in [0.15, 0.2) is 49.1 Å². The number of ether oxygens (including phenoxy) is 2. The highest BCUT2D eigenvalue weighted by molar-refractivity contribution is 6.76. The SMILES string of the molecule is C=CCOC(=O)/C=C/CC[C@H](O)c1ccc(OCCO[Si](CCC(F)(F)C(F)(F)C(F)(F)C(F)(F)C(F)(F)C(F)(F)C(F)(F)C(F)(F)F)(C(C)C)C(C)C)cc1. The topological polar surface area (TPSA) is 65.0 Å². The molecule has 1 atom stereocenters. The maximum absolute atomic E-state index is 14.8. The molecule has 0 bridgehead atoms. The Kier molecular flexibility index (Phi) is 16.6. The van der Waals surface area contributed by atoms with Crippen molar-refractivity contribution >= 4 is 14.3 Å². The van der Waals surface area contributed by atoms with Crippen molar-refractivity contribution in [2.75, 3.05) is 19.8 Å². The van der Waals surface area contributed by atoms with E-state index in [1.807, 2.05) is 0 Å². The molecule has 0 heterocycles. The van der Waals surface area contributed by atoms with Crippen LogP contribution in [0.4, 0.5) is 74.6 Å². The summed E-state index contributed by atoms with van der Waals surface area (Å²) in [7, 11) is -3.94. The van der Waals surface area contributed by atoms with Crippen LogP contribution < -0.4 is 4.74 Å². The zero-order valence-corrected chi connectivity index (χ0v) is 30.9. The van der Waals surface area contributed by atoms with Gasteiger partial charge in [-0.25, -0.2) is 4.79 Å². The van der Waals surface area contributed by atoms with Crippen molar-refractivity contribution in [3.8, 4) is 5.75 Å². The fraction of sp³-hybridized carbons (Fsp3) is 0.667. The van der Waals surface area contributed by atoms with E-state index < -0.39 is 98.2 Å². The number of hydrogen-bond acceptors (Lipinski definition) is 5. The van der Waals surface area contributed by atoms with E-state index in [-0.39, 0.29) is 31.8 Å². The van der Waals surface area contributed by atoms with Gasteiger partial charge in [0.1, 0.15) is 19.0 Å². The number of hydrogen-bond donors (Lipinski definition) is 1. The minimum absolute atomic E-state index is 0.0165. The Balaban J connectivity index is 3.12. The summed E-state index contributed by atoms with van der Waals surface area (Å²) in [5.74, 6) is -57.1. The van der Waals surface area contributed by atoms with Gasteiger partial charge in [-0.05, 0) is 47.7 Å². The highest BCUT2D eigenvalue weighted by atomic mass is 28.4.